The summed E-state index contributed by atoms with van der Waals surface area (Å²) in [7, 11) is 0. The quantitative estimate of drug-likeness (QED) is 0.302. The minimum absolute atomic E-state index is 0.0347. The van der Waals surface area contributed by atoms with Crippen molar-refractivity contribution in [1.29, 1.82) is 0 Å². The summed E-state index contributed by atoms with van der Waals surface area (Å²) in [6.07, 6.45) is 51.4. The predicted molar refractivity (Wildman–Crippen MR) is 251 cm³/mol. The van der Waals surface area contributed by atoms with Gasteiger partial charge < -0.3 is 15.0 Å². The Labute approximate surface area is 363 Å². The number of nitrogens with one attached hydrogen (secondary N) is 1. The van der Waals surface area contributed by atoms with E-state index in [1.54, 1.807) is 11.1 Å². The van der Waals surface area contributed by atoms with Crippen molar-refractivity contribution in [2.24, 2.45) is 55.8 Å². The molecule has 61 heavy (non-hydrogen) atoms. The van der Waals surface area contributed by atoms with E-state index < -0.39 is 0 Å². The van der Waals surface area contributed by atoms with E-state index in [4.69, 9.17) is 14.7 Å². The van der Waals surface area contributed by atoms with Gasteiger partial charge in [-0.2, -0.15) is 0 Å². The van der Waals surface area contributed by atoms with Gasteiger partial charge >= 0.3 is 0 Å². The highest BCUT2D eigenvalue weighted by molar-refractivity contribution is 6.12. The zero-order valence-corrected chi connectivity index (χ0v) is 36.6. The zero-order valence-electron chi connectivity index (χ0n) is 36.6. The smallest absolute Gasteiger partial charge is 0.165 e. The Kier molecular flexibility index (Phi) is 8.72. The topological polar surface area (TPSA) is 49.2 Å². The maximum atomic E-state index is 7.22. The lowest BCUT2D eigenvalue weighted by Gasteiger charge is -2.44. The lowest BCUT2D eigenvalue weighted by molar-refractivity contribution is 0.136. The molecule has 0 aromatic heterocycles. The fourth-order valence-corrected chi connectivity index (χ4v) is 14.6. The summed E-state index contributed by atoms with van der Waals surface area (Å²) < 4.78 is 7.22. The first-order chi connectivity index (χ1) is 29.7. The number of ether oxygens (including phenoxy) is 1. The third-order valence-corrected chi connectivity index (χ3v) is 17.5. The summed E-state index contributed by atoms with van der Waals surface area (Å²) in [5.74, 6) is 5.86. The van der Waals surface area contributed by atoms with Crippen LogP contribution in [0.25, 0.3) is 0 Å². The first-order valence-corrected chi connectivity index (χ1v) is 23.8. The van der Waals surface area contributed by atoms with E-state index in [1.807, 2.05) is 0 Å². The number of amidine groups is 2. The second kappa shape index (κ2) is 14.1. The fourth-order valence-electron chi connectivity index (χ4n) is 14.6. The molecule has 1 fully saturated rings. The van der Waals surface area contributed by atoms with Crippen molar-refractivity contribution >= 4 is 17.4 Å². The van der Waals surface area contributed by atoms with Gasteiger partial charge in [-0.1, -0.05) is 136 Å². The normalized spacial score (nSPS) is 39.4. The summed E-state index contributed by atoms with van der Waals surface area (Å²) in [4.78, 5) is 13.7. The maximum absolute atomic E-state index is 7.22. The number of nitrogens with zero attached hydrogens (tertiary/aromatic N) is 3. The Balaban J connectivity index is 0.871. The number of hydrogen-bond acceptors (Lipinski definition) is 5. The van der Waals surface area contributed by atoms with Crippen LogP contribution in [0.5, 0.6) is 5.75 Å². The number of hydrogen-bond donors (Lipinski definition) is 1. The molecule has 0 amide bonds. The lowest BCUT2D eigenvalue weighted by Crippen LogP contribution is -2.48. The molecule has 12 rings (SSSR count). The van der Waals surface area contributed by atoms with Gasteiger partial charge in [0.1, 0.15) is 23.5 Å². The minimum Gasteiger partial charge on any atom is -0.483 e. The highest BCUT2D eigenvalue weighted by Crippen LogP contribution is 2.68. The molecule has 5 heteroatoms. The molecule has 0 bridgehead atoms. The molecular weight excluding hydrogens is 745 g/mol. The summed E-state index contributed by atoms with van der Waals surface area (Å²) in [5, 5.41) is 3.95. The molecule has 11 unspecified atom stereocenters. The van der Waals surface area contributed by atoms with Crippen LogP contribution < -0.4 is 15.0 Å². The van der Waals surface area contributed by atoms with E-state index in [0.717, 1.165) is 55.1 Å². The first kappa shape index (κ1) is 37.8. The highest BCUT2D eigenvalue weighted by Gasteiger charge is 2.63. The Morgan fingerprint density at radius 3 is 2.51 bits per heavy atom. The van der Waals surface area contributed by atoms with E-state index in [9.17, 15) is 0 Å². The second-order valence-corrected chi connectivity index (χ2v) is 20.9. The molecule has 11 atom stereocenters. The number of benzene rings is 1. The molecule has 1 saturated carbocycles. The Hall–Kier alpha value is -4.90. The van der Waals surface area contributed by atoms with Crippen LogP contribution in [-0.2, 0) is 0 Å². The molecule has 0 radical (unpaired) electrons. The van der Waals surface area contributed by atoms with E-state index in [2.05, 4.69) is 159 Å². The van der Waals surface area contributed by atoms with Gasteiger partial charge in [0.2, 0.25) is 0 Å². The number of aliphatic imine (C=N–C) groups is 2. The Morgan fingerprint density at radius 1 is 0.820 bits per heavy atom. The van der Waals surface area contributed by atoms with Crippen LogP contribution in [0.1, 0.15) is 103 Å². The van der Waals surface area contributed by atoms with E-state index in [1.165, 1.54) is 54.6 Å². The minimum atomic E-state index is -0.216. The maximum Gasteiger partial charge on any atom is 0.165 e. The zero-order chi connectivity index (χ0) is 41.1. The molecule has 3 heterocycles. The fraction of sp³-hybridized carbons (Fsp3) is 0.464. The average molecular weight is 807 g/mol. The Bertz CT molecular complexity index is 2470. The Morgan fingerprint density at radius 2 is 1.67 bits per heavy atom. The van der Waals surface area contributed by atoms with Crippen molar-refractivity contribution in [3.05, 3.63) is 155 Å². The molecule has 11 aliphatic rings. The van der Waals surface area contributed by atoms with E-state index in [0.29, 0.717) is 29.6 Å². The third-order valence-electron chi connectivity index (χ3n) is 17.5. The van der Waals surface area contributed by atoms with Crippen molar-refractivity contribution in [2.45, 2.75) is 116 Å². The molecule has 8 aliphatic carbocycles. The summed E-state index contributed by atoms with van der Waals surface area (Å²) >= 11 is 0. The molecule has 0 spiro atoms. The number of para-hydroxylation sites is 1. The largest absolute Gasteiger partial charge is 0.483 e. The van der Waals surface area contributed by atoms with Crippen molar-refractivity contribution in [3.63, 3.8) is 0 Å². The van der Waals surface area contributed by atoms with Gasteiger partial charge in [-0.05, 0) is 129 Å². The summed E-state index contributed by atoms with van der Waals surface area (Å²) in [5.41, 5.74) is 10.1. The van der Waals surface area contributed by atoms with Gasteiger partial charge in [-0.3, -0.25) is 0 Å². The SMILES string of the molecule is CC12C=CC=CC1N(c1cccc3c1OC1C=C(C4=NC(C5=CC=CCC5)N=C(C5CC=CC6C5C5(C)C=CCCC5C6(C)C)N4)C=CC31)C1=C2CC(C2=CC=CCC2)CC1. The van der Waals surface area contributed by atoms with Crippen molar-refractivity contribution < 1.29 is 4.74 Å². The van der Waals surface area contributed by atoms with Gasteiger partial charge in [-0.25, -0.2) is 9.98 Å². The van der Waals surface area contributed by atoms with Crippen molar-refractivity contribution in [2.75, 3.05) is 4.90 Å². The first-order valence-electron chi connectivity index (χ1n) is 23.8. The molecular formula is C56H62N4O. The number of anilines is 1. The van der Waals surface area contributed by atoms with Crippen molar-refractivity contribution in [1.82, 2.24) is 5.32 Å². The molecule has 312 valence electrons. The summed E-state index contributed by atoms with van der Waals surface area (Å²) in [6.45, 7) is 10.1. The van der Waals surface area contributed by atoms with Gasteiger partial charge in [0.25, 0.3) is 0 Å². The van der Waals surface area contributed by atoms with Gasteiger partial charge in [0.15, 0.2) is 6.17 Å². The molecule has 0 saturated heterocycles. The molecule has 5 nitrogen and oxygen atoms in total. The molecule has 1 aromatic rings. The van der Waals surface area contributed by atoms with Gasteiger partial charge in [-0.15, -0.1) is 0 Å². The number of rotatable bonds is 5. The van der Waals surface area contributed by atoms with Crippen molar-refractivity contribution in [3.8, 4) is 5.75 Å². The molecule has 1 aromatic carbocycles. The molecule has 3 aliphatic heterocycles. The second-order valence-electron chi connectivity index (χ2n) is 20.9. The van der Waals surface area contributed by atoms with E-state index in [-0.39, 0.29) is 40.5 Å². The van der Waals surface area contributed by atoms with Crippen LogP contribution in [0.4, 0.5) is 5.69 Å². The lowest BCUT2D eigenvalue weighted by atomic mass is 9.62. The van der Waals surface area contributed by atoms with Crippen LogP contribution in [-0.4, -0.2) is 30.0 Å². The van der Waals surface area contributed by atoms with Gasteiger partial charge in [0, 0.05) is 34.1 Å². The molecule has 1 N–H and O–H groups in total. The number of allylic oxidation sites excluding steroid dienone is 14. The summed E-state index contributed by atoms with van der Waals surface area (Å²) in [6, 6.07) is 7.13. The van der Waals surface area contributed by atoms with Crippen LogP contribution in [0.2, 0.25) is 0 Å². The van der Waals surface area contributed by atoms with Crippen LogP contribution in [0.15, 0.2) is 159 Å². The van der Waals surface area contributed by atoms with Crippen LogP contribution in [0.3, 0.4) is 0 Å². The monoisotopic (exact) mass is 806 g/mol. The van der Waals surface area contributed by atoms with E-state index >= 15 is 0 Å². The average Bonchev–Trinajstić information content (AvgIpc) is 3.87. The standard InChI is InChI=1S/C56H62N4O/c1-54(2)42-23-15-22-41(49(42)56(4)32-13-11-25-47(54)56)53-58-51(36-19-9-6-10-20-36)57-52(59-53)38-27-29-39-40-21-16-24-45(50(40)61-46(39)34-38)60-44-30-28-37(35-17-7-5-8-18-35)33-43(44)55(3)31-14-12-26-48(55)60/h5-7,9,12-17,19,21,23-24,26-27,29,31-32,34,37,39,41-42,46-49,51H,8,10-11,18,20,22,25,28,30,33H2,1-4H3,(H,57,58,59). The number of fused-ring (bicyclic) bond motifs is 8. The highest BCUT2D eigenvalue weighted by atomic mass is 16.5. The van der Waals surface area contributed by atoms with Gasteiger partial charge in [0.05, 0.1) is 11.7 Å². The predicted octanol–water partition coefficient (Wildman–Crippen LogP) is 12.5. The van der Waals surface area contributed by atoms with Crippen LogP contribution >= 0.6 is 0 Å². The third kappa shape index (κ3) is 5.70. The van der Waals surface area contributed by atoms with Crippen LogP contribution in [0, 0.1) is 45.8 Å².